The van der Waals surface area contributed by atoms with Gasteiger partial charge in [0.2, 0.25) is 10.0 Å². The Morgan fingerprint density at radius 3 is 2.62 bits per heavy atom. The number of hydrogen-bond acceptors (Lipinski definition) is 3. The summed E-state index contributed by atoms with van der Waals surface area (Å²) in [6.07, 6.45) is 0.725. The van der Waals surface area contributed by atoms with E-state index in [0.29, 0.717) is 5.02 Å². The van der Waals surface area contributed by atoms with Crippen LogP contribution in [0.25, 0.3) is 0 Å². The zero-order chi connectivity index (χ0) is 12.3. The second kappa shape index (κ2) is 5.03. The number of rotatable bonds is 4. The molecule has 0 aliphatic carbocycles. The molecule has 0 aromatic heterocycles. The molecule has 1 atom stereocenters. The molecule has 4 nitrogen and oxygen atoms in total. The van der Waals surface area contributed by atoms with E-state index in [2.05, 4.69) is 4.72 Å². The van der Waals surface area contributed by atoms with Gasteiger partial charge < -0.3 is 5.73 Å². The van der Waals surface area contributed by atoms with Crippen molar-refractivity contribution in [2.45, 2.75) is 31.2 Å². The molecule has 0 radical (unpaired) electrons. The zero-order valence-corrected chi connectivity index (χ0v) is 10.8. The highest BCUT2D eigenvalue weighted by atomic mass is 35.5. The van der Waals surface area contributed by atoms with Crippen LogP contribution in [0.5, 0.6) is 0 Å². The SMILES string of the molecule is CC[C@H](C)NS(=O)(=O)c1ccc(Cl)c(N)c1. The fourth-order valence-corrected chi connectivity index (χ4v) is 2.58. The van der Waals surface area contributed by atoms with Crippen LogP contribution in [0.2, 0.25) is 5.02 Å². The Labute approximate surface area is 101 Å². The summed E-state index contributed by atoms with van der Waals surface area (Å²) in [5.41, 5.74) is 5.81. The van der Waals surface area contributed by atoms with Crippen LogP contribution in [0.3, 0.4) is 0 Å². The topological polar surface area (TPSA) is 72.2 Å². The van der Waals surface area contributed by atoms with Crippen LogP contribution in [-0.2, 0) is 10.0 Å². The molecule has 0 saturated carbocycles. The molecule has 1 aromatic carbocycles. The lowest BCUT2D eigenvalue weighted by Gasteiger charge is -2.12. The van der Waals surface area contributed by atoms with Gasteiger partial charge in [0.1, 0.15) is 0 Å². The quantitative estimate of drug-likeness (QED) is 0.816. The molecular weight excluding hydrogens is 248 g/mol. The first-order valence-corrected chi connectivity index (χ1v) is 6.80. The number of nitrogens with one attached hydrogen (secondary N) is 1. The predicted octanol–water partition coefficient (Wildman–Crippen LogP) is 2.00. The minimum atomic E-state index is -3.50. The summed E-state index contributed by atoms with van der Waals surface area (Å²) < 4.78 is 26.3. The van der Waals surface area contributed by atoms with Gasteiger partial charge in [0.25, 0.3) is 0 Å². The van der Waals surface area contributed by atoms with Crippen molar-refractivity contribution < 1.29 is 8.42 Å². The molecule has 3 N–H and O–H groups in total. The van der Waals surface area contributed by atoms with Crippen molar-refractivity contribution in [2.24, 2.45) is 0 Å². The average molecular weight is 263 g/mol. The van der Waals surface area contributed by atoms with Crippen LogP contribution >= 0.6 is 11.6 Å². The van der Waals surface area contributed by atoms with Crippen LogP contribution in [-0.4, -0.2) is 14.5 Å². The van der Waals surface area contributed by atoms with Gasteiger partial charge in [0.05, 0.1) is 15.6 Å². The Morgan fingerprint density at radius 1 is 1.50 bits per heavy atom. The fourth-order valence-electron chi connectivity index (χ4n) is 1.11. The van der Waals surface area contributed by atoms with Gasteiger partial charge in [-0.1, -0.05) is 18.5 Å². The van der Waals surface area contributed by atoms with Crippen LogP contribution in [0.4, 0.5) is 5.69 Å². The second-order valence-electron chi connectivity index (χ2n) is 3.61. The Bertz CT molecular complexity index is 474. The summed E-state index contributed by atoms with van der Waals surface area (Å²) >= 11 is 5.72. The van der Waals surface area contributed by atoms with Crippen LogP contribution in [0.15, 0.2) is 23.1 Å². The largest absolute Gasteiger partial charge is 0.397 e. The molecule has 0 fully saturated rings. The summed E-state index contributed by atoms with van der Waals surface area (Å²) in [7, 11) is -3.50. The lowest BCUT2D eigenvalue weighted by atomic mass is 10.3. The number of nitrogen functional groups attached to an aromatic ring is 1. The molecule has 0 heterocycles. The molecule has 16 heavy (non-hydrogen) atoms. The van der Waals surface area contributed by atoms with Crippen molar-refractivity contribution in [1.29, 1.82) is 0 Å². The molecule has 0 amide bonds. The molecular formula is C10H15ClN2O2S. The van der Waals surface area contributed by atoms with E-state index >= 15 is 0 Å². The summed E-state index contributed by atoms with van der Waals surface area (Å²) in [4.78, 5) is 0.134. The van der Waals surface area contributed by atoms with Crippen molar-refractivity contribution >= 4 is 27.3 Å². The van der Waals surface area contributed by atoms with Crippen LogP contribution in [0, 0.1) is 0 Å². The van der Waals surface area contributed by atoms with Gasteiger partial charge in [-0.25, -0.2) is 13.1 Å². The van der Waals surface area contributed by atoms with Gasteiger partial charge in [0, 0.05) is 6.04 Å². The van der Waals surface area contributed by atoms with Crippen molar-refractivity contribution in [3.8, 4) is 0 Å². The molecule has 1 rings (SSSR count). The Kier molecular flexibility index (Phi) is 4.18. The van der Waals surface area contributed by atoms with Crippen molar-refractivity contribution in [3.63, 3.8) is 0 Å². The first-order chi connectivity index (χ1) is 7.36. The maximum absolute atomic E-state index is 11.9. The summed E-state index contributed by atoms with van der Waals surface area (Å²) in [6, 6.07) is 4.15. The van der Waals surface area contributed by atoms with Gasteiger partial charge in [-0.15, -0.1) is 0 Å². The van der Waals surface area contributed by atoms with E-state index in [1.54, 1.807) is 6.92 Å². The number of halogens is 1. The van der Waals surface area contributed by atoms with E-state index in [9.17, 15) is 8.42 Å². The molecule has 0 spiro atoms. The minimum absolute atomic E-state index is 0.109. The van der Waals surface area contributed by atoms with E-state index in [1.165, 1.54) is 18.2 Å². The van der Waals surface area contributed by atoms with Crippen LogP contribution in [0.1, 0.15) is 20.3 Å². The lowest BCUT2D eigenvalue weighted by molar-refractivity contribution is 0.556. The average Bonchev–Trinajstić information content (AvgIpc) is 2.21. The first kappa shape index (κ1) is 13.3. The molecule has 1 aromatic rings. The van der Waals surface area contributed by atoms with Gasteiger partial charge in [-0.2, -0.15) is 0 Å². The fraction of sp³-hybridized carbons (Fsp3) is 0.400. The van der Waals surface area contributed by atoms with Gasteiger partial charge in [-0.05, 0) is 31.5 Å². The molecule has 0 aliphatic rings. The zero-order valence-electron chi connectivity index (χ0n) is 9.20. The van der Waals surface area contributed by atoms with Gasteiger partial charge >= 0.3 is 0 Å². The third-order valence-electron chi connectivity index (χ3n) is 2.25. The van der Waals surface area contributed by atoms with Crippen LogP contribution < -0.4 is 10.5 Å². The first-order valence-electron chi connectivity index (χ1n) is 4.94. The van der Waals surface area contributed by atoms with Gasteiger partial charge in [-0.3, -0.25) is 0 Å². The molecule has 0 bridgehead atoms. The van der Waals surface area contributed by atoms with E-state index in [4.69, 9.17) is 17.3 Å². The van der Waals surface area contributed by atoms with Gasteiger partial charge in [0.15, 0.2) is 0 Å². The predicted molar refractivity (Wildman–Crippen MR) is 65.9 cm³/mol. The number of benzene rings is 1. The second-order valence-corrected chi connectivity index (χ2v) is 5.74. The smallest absolute Gasteiger partial charge is 0.240 e. The summed E-state index contributed by atoms with van der Waals surface area (Å²) in [5, 5.41) is 0.350. The Balaban J connectivity index is 3.03. The standard InChI is InChI=1S/C10H15ClN2O2S/c1-3-7(2)13-16(14,15)8-4-5-9(11)10(12)6-8/h4-7,13H,3,12H2,1-2H3/t7-/m0/s1. The summed E-state index contributed by atoms with van der Waals surface area (Å²) in [6.45, 7) is 3.71. The van der Waals surface area contributed by atoms with Crippen molar-refractivity contribution in [2.75, 3.05) is 5.73 Å². The molecule has 90 valence electrons. The minimum Gasteiger partial charge on any atom is -0.397 e. The number of sulfonamides is 1. The van der Waals surface area contributed by atoms with Crippen molar-refractivity contribution in [1.82, 2.24) is 4.72 Å². The maximum Gasteiger partial charge on any atom is 0.240 e. The molecule has 0 unspecified atom stereocenters. The number of anilines is 1. The maximum atomic E-state index is 11.9. The molecule has 6 heteroatoms. The highest BCUT2D eigenvalue weighted by molar-refractivity contribution is 7.89. The van der Waals surface area contributed by atoms with E-state index in [-0.39, 0.29) is 16.6 Å². The Hall–Kier alpha value is -0.780. The highest BCUT2D eigenvalue weighted by Crippen LogP contribution is 2.22. The normalized spacial score (nSPS) is 13.7. The van der Waals surface area contributed by atoms with Crippen molar-refractivity contribution in [3.05, 3.63) is 23.2 Å². The monoisotopic (exact) mass is 262 g/mol. The van der Waals surface area contributed by atoms with E-state index < -0.39 is 10.0 Å². The third-order valence-corrected chi connectivity index (χ3v) is 4.18. The summed E-state index contributed by atoms with van der Waals surface area (Å²) in [5.74, 6) is 0. The number of hydrogen-bond donors (Lipinski definition) is 2. The highest BCUT2D eigenvalue weighted by Gasteiger charge is 2.17. The molecule has 0 saturated heterocycles. The Morgan fingerprint density at radius 2 is 2.12 bits per heavy atom. The third kappa shape index (κ3) is 3.10. The van der Waals surface area contributed by atoms with E-state index in [0.717, 1.165) is 6.42 Å². The lowest BCUT2D eigenvalue weighted by Crippen LogP contribution is -2.32. The van der Waals surface area contributed by atoms with E-state index in [1.807, 2.05) is 6.92 Å². The molecule has 0 aliphatic heterocycles. The number of nitrogens with two attached hydrogens (primary N) is 1.